The van der Waals surface area contributed by atoms with Crippen LogP contribution in [-0.2, 0) is 13.1 Å². The average Bonchev–Trinajstić information content (AvgIpc) is 3.01. The highest BCUT2D eigenvalue weighted by molar-refractivity contribution is 5.94. The van der Waals surface area contributed by atoms with E-state index in [1.807, 2.05) is 24.4 Å². The van der Waals surface area contributed by atoms with Gasteiger partial charge in [0, 0.05) is 38.4 Å². The Labute approximate surface area is 150 Å². The van der Waals surface area contributed by atoms with Crippen LogP contribution in [0.25, 0.3) is 0 Å². The van der Waals surface area contributed by atoms with Gasteiger partial charge in [-0.15, -0.1) is 0 Å². The lowest BCUT2D eigenvalue weighted by Gasteiger charge is -2.35. The summed E-state index contributed by atoms with van der Waals surface area (Å²) >= 11 is 0. The summed E-state index contributed by atoms with van der Waals surface area (Å²) in [5.74, 6) is 0.0593. The van der Waals surface area contributed by atoms with Crippen LogP contribution in [0.15, 0.2) is 36.7 Å². The van der Waals surface area contributed by atoms with Crippen LogP contribution in [0.5, 0.6) is 0 Å². The van der Waals surface area contributed by atoms with Crippen molar-refractivity contribution in [3.8, 4) is 0 Å². The van der Waals surface area contributed by atoms with E-state index in [4.69, 9.17) is 0 Å². The van der Waals surface area contributed by atoms with Gasteiger partial charge in [-0.2, -0.15) is 5.10 Å². The third-order valence-electron chi connectivity index (χ3n) is 4.88. The summed E-state index contributed by atoms with van der Waals surface area (Å²) < 4.78 is 2.06. The highest BCUT2D eigenvalue weighted by atomic mass is 16.2. The maximum absolute atomic E-state index is 12.2. The fourth-order valence-corrected chi connectivity index (χ4v) is 3.55. The van der Waals surface area contributed by atoms with E-state index in [1.165, 1.54) is 30.4 Å². The number of likely N-dealkylation sites (tertiary alicyclic amines) is 1. The number of hydrogen-bond donors (Lipinski definition) is 0. The minimum atomic E-state index is 0.0593. The van der Waals surface area contributed by atoms with Gasteiger partial charge in [-0.25, -0.2) is 0 Å². The molecule has 1 unspecified atom stereocenters. The number of amides is 1. The Bertz CT molecular complexity index is 722. The molecule has 3 rings (SSSR count). The molecule has 0 saturated carbocycles. The molecule has 0 N–H and O–H groups in total. The second kappa shape index (κ2) is 7.83. The molecule has 0 bridgehead atoms. The molecular formula is C20H28N4O. The second-order valence-corrected chi connectivity index (χ2v) is 7.26. The van der Waals surface area contributed by atoms with Crippen LogP contribution < -0.4 is 0 Å². The van der Waals surface area contributed by atoms with Crippen molar-refractivity contribution in [2.45, 2.75) is 45.3 Å². The lowest BCUT2D eigenvalue weighted by atomic mass is 10.0. The fraction of sp³-hybridized carbons (Fsp3) is 0.500. The summed E-state index contributed by atoms with van der Waals surface area (Å²) in [6, 6.07) is 8.54. The lowest BCUT2D eigenvalue weighted by Crippen LogP contribution is -2.41. The Balaban J connectivity index is 1.71. The van der Waals surface area contributed by atoms with E-state index in [1.54, 1.807) is 19.0 Å². The van der Waals surface area contributed by atoms with E-state index < -0.39 is 0 Å². The van der Waals surface area contributed by atoms with Crippen molar-refractivity contribution in [1.82, 2.24) is 19.6 Å². The topological polar surface area (TPSA) is 41.4 Å². The molecule has 0 radical (unpaired) electrons. The summed E-state index contributed by atoms with van der Waals surface area (Å²) in [5.41, 5.74) is 3.17. The molecule has 1 aliphatic heterocycles. The Morgan fingerprint density at radius 3 is 2.88 bits per heavy atom. The molecule has 5 heteroatoms. The molecule has 1 saturated heterocycles. The zero-order valence-corrected chi connectivity index (χ0v) is 15.5. The molecule has 0 aliphatic carbocycles. The largest absolute Gasteiger partial charge is 0.345 e. The van der Waals surface area contributed by atoms with E-state index in [0.29, 0.717) is 6.04 Å². The molecule has 1 aliphatic rings. The summed E-state index contributed by atoms with van der Waals surface area (Å²) in [5, 5.41) is 4.45. The Morgan fingerprint density at radius 1 is 1.32 bits per heavy atom. The summed E-state index contributed by atoms with van der Waals surface area (Å²) in [6.07, 6.45) is 7.76. The molecule has 0 spiro atoms. The van der Waals surface area contributed by atoms with Gasteiger partial charge in [0.05, 0.1) is 12.7 Å². The van der Waals surface area contributed by atoms with Crippen LogP contribution in [0.1, 0.15) is 40.7 Å². The molecule has 1 aromatic carbocycles. The van der Waals surface area contributed by atoms with Crippen molar-refractivity contribution in [3.05, 3.63) is 53.3 Å². The van der Waals surface area contributed by atoms with Crippen molar-refractivity contribution in [2.75, 3.05) is 20.6 Å². The minimum absolute atomic E-state index is 0.0593. The van der Waals surface area contributed by atoms with Crippen LogP contribution in [0.4, 0.5) is 0 Å². The van der Waals surface area contributed by atoms with Gasteiger partial charge in [-0.1, -0.05) is 18.6 Å². The van der Waals surface area contributed by atoms with Crippen molar-refractivity contribution in [3.63, 3.8) is 0 Å². The van der Waals surface area contributed by atoms with Crippen LogP contribution in [0.3, 0.4) is 0 Å². The number of piperidine rings is 1. The van der Waals surface area contributed by atoms with Crippen LogP contribution >= 0.6 is 0 Å². The molecule has 134 valence electrons. The lowest BCUT2D eigenvalue weighted by molar-refractivity contribution is 0.0827. The van der Waals surface area contributed by atoms with Gasteiger partial charge in [0.2, 0.25) is 0 Å². The molecule has 1 amide bonds. The number of rotatable bonds is 5. The number of benzene rings is 1. The maximum atomic E-state index is 12.2. The highest BCUT2D eigenvalue weighted by Gasteiger charge is 2.23. The first-order valence-corrected chi connectivity index (χ1v) is 9.06. The Morgan fingerprint density at radius 2 is 2.16 bits per heavy atom. The van der Waals surface area contributed by atoms with Crippen LogP contribution in [0, 0.1) is 6.92 Å². The minimum Gasteiger partial charge on any atom is -0.345 e. The number of aryl methyl sites for hydroxylation is 1. The van der Waals surface area contributed by atoms with E-state index in [9.17, 15) is 4.79 Å². The van der Waals surface area contributed by atoms with Crippen molar-refractivity contribution in [2.24, 2.45) is 0 Å². The predicted octanol–water partition coefficient (Wildman–Crippen LogP) is 2.95. The van der Waals surface area contributed by atoms with Gasteiger partial charge in [0.15, 0.2) is 0 Å². The molecule has 2 aromatic rings. The number of nitrogens with zero attached hydrogens (tertiary/aromatic N) is 4. The highest BCUT2D eigenvalue weighted by Crippen LogP contribution is 2.21. The van der Waals surface area contributed by atoms with Gasteiger partial charge in [-0.3, -0.25) is 14.4 Å². The molecule has 25 heavy (non-hydrogen) atoms. The van der Waals surface area contributed by atoms with Gasteiger partial charge in [-0.05, 0) is 49.6 Å². The molecule has 1 aromatic heterocycles. The van der Waals surface area contributed by atoms with Crippen molar-refractivity contribution in [1.29, 1.82) is 0 Å². The van der Waals surface area contributed by atoms with E-state index >= 15 is 0 Å². The van der Waals surface area contributed by atoms with Crippen LogP contribution in [-0.4, -0.2) is 52.2 Å². The summed E-state index contributed by atoms with van der Waals surface area (Å²) in [7, 11) is 3.59. The third kappa shape index (κ3) is 4.48. The smallest absolute Gasteiger partial charge is 0.253 e. The van der Waals surface area contributed by atoms with Crippen molar-refractivity contribution >= 4 is 5.91 Å². The zero-order valence-electron chi connectivity index (χ0n) is 15.5. The average molecular weight is 340 g/mol. The first kappa shape index (κ1) is 17.7. The summed E-state index contributed by atoms with van der Waals surface area (Å²) in [6.45, 7) is 5.01. The SMILES string of the molecule is Cc1cnn(CC2CCCCN2Cc2cccc(C(=O)N(C)C)c2)c1. The van der Waals surface area contributed by atoms with E-state index in [-0.39, 0.29) is 5.91 Å². The molecular weight excluding hydrogens is 312 g/mol. The van der Waals surface area contributed by atoms with Gasteiger partial charge in [0.1, 0.15) is 0 Å². The standard InChI is InChI=1S/C20H28N4O/c1-16-12-21-24(13-16)15-19-9-4-5-10-23(19)14-17-7-6-8-18(11-17)20(25)22(2)3/h6-8,11-13,19H,4-5,9-10,14-15H2,1-3H3. The third-order valence-corrected chi connectivity index (χ3v) is 4.88. The monoisotopic (exact) mass is 340 g/mol. The first-order chi connectivity index (χ1) is 12.0. The van der Waals surface area contributed by atoms with Gasteiger partial charge >= 0.3 is 0 Å². The molecule has 1 fully saturated rings. The first-order valence-electron chi connectivity index (χ1n) is 9.06. The summed E-state index contributed by atoms with van der Waals surface area (Å²) in [4.78, 5) is 16.4. The zero-order chi connectivity index (χ0) is 17.8. The normalized spacial score (nSPS) is 18.3. The van der Waals surface area contributed by atoms with E-state index in [0.717, 1.165) is 25.2 Å². The number of hydrogen-bond acceptors (Lipinski definition) is 3. The van der Waals surface area contributed by atoms with Gasteiger partial charge < -0.3 is 4.90 Å². The van der Waals surface area contributed by atoms with Crippen molar-refractivity contribution < 1.29 is 4.79 Å². The van der Waals surface area contributed by atoms with Gasteiger partial charge in [0.25, 0.3) is 5.91 Å². The Hall–Kier alpha value is -2.14. The quantitative estimate of drug-likeness (QED) is 0.840. The molecule has 5 nitrogen and oxygen atoms in total. The predicted molar refractivity (Wildman–Crippen MR) is 99.5 cm³/mol. The fourth-order valence-electron chi connectivity index (χ4n) is 3.55. The van der Waals surface area contributed by atoms with E-state index in [2.05, 4.69) is 33.9 Å². The number of aromatic nitrogens is 2. The van der Waals surface area contributed by atoms with Crippen LogP contribution in [0.2, 0.25) is 0 Å². The molecule has 1 atom stereocenters. The Kier molecular flexibility index (Phi) is 5.53. The number of carbonyl (C=O) groups excluding carboxylic acids is 1. The second-order valence-electron chi connectivity index (χ2n) is 7.26. The molecule has 2 heterocycles. The maximum Gasteiger partial charge on any atom is 0.253 e. The number of carbonyl (C=O) groups is 1.